The van der Waals surface area contributed by atoms with E-state index in [9.17, 15) is 18.8 Å². The molecule has 29 heavy (non-hydrogen) atoms. The third kappa shape index (κ3) is 3.62. The maximum Gasteiger partial charge on any atom is 0.336 e. The van der Waals surface area contributed by atoms with Gasteiger partial charge in [-0.3, -0.25) is 14.9 Å². The van der Waals surface area contributed by atoms with Gasteiger partial charge in [0.1, 0.15) is 17.1 Å². The summed E-state index contributed by atoms with van der Waals surface area (Å²) in [6.45, 7) is 0. The number of hydrogen-bond donors (Lipinski definition) is 1. The number of para-hydroxylation sites is 1. The first-order chi connectivity index (χ1) is 13.9. The van der Waals surface area contributed by atoms with Gasteiger partial charge < -0.3 is 14.2 Å². The second-order valence-electron chi connectivity index (χ2n) is 5.86. The molecule has 1 aliphatic rings. The lowest BCUT2D eigenvalue weighted by Gasteiger charge is -2.26. The molecule has 1 fully saturated rings. The largest absolute Gasteiger partial charge is 0.496 e. The zero-order chi connectivity index (χ0) is 21.1. The van der Waals surface area contributed by atoms with Crippen LogP contribution in [-0.2, 0) is 9.59 Å². The molecule has 2 aromatic rings. The molecule has 0 aromatic heterocycles. The highest BCUT2D eigenvalue weighted by molar-refractivity contribution is 6.39. The van der Waals surface area contributed by atoms with E-state index in [2.05, 4.69) is 0 Å². The molecule has 0 spiro atoms. The first-order valence-electron chi connectivity index (χ1n) is 8.37. The molecule has 150 valence electrons. The molecule has 0 radical (unpaired) electrons. The van der Waals surface area contributed by atoms with Crippen LogP contribution in [0.2, 0.25) is 0 Å². The van der Waals surface area contributed by atoms with Gasteiger partial charge in [-0.25, -0.2) is 14.1 Å². The maximum atomic E-state index is 14.1. The molecule has 0 atom stereocenters. The van der Waals surface area contributed by atoms with E-state index in [1.165, 1.54) is 57.7 Å². The number of hydrogen-bond acceptors (Lipinski definition) is 6. The van der Waals surface area contributed by atoms with Crippen LogP contribution >= 0.6 is 0 Å². The summed E-state index contributed by atoms with van der Waals surface area (Å²) >= 11 is 0. The predicted octanol–water partition coefficient (Wildman–Crippen LogP) is 2.52. The van der Waals surface area contributed by atoms with Crippen molar-refractivity contribution in [3.63, 3.8) is 0 Å². The van der Waals surface area contributed by atoms with Crippen LogP contribution in [0.15, 0.2) is 42.0 Å². The van der Waals surface area contributed by atoms with E-state index in [4.69, 9.17) is 14.2 Å². The number of rotatable bonds is 5. The lowest BCUT2D eigenvalue weighted by Crippen LogP contribution is -2.54. The molecule has 1 aliphatic heterocycles. The molecule has 0 bridgehead atoms. The number of urea groups is 1. The van der Waals surface area contributed by atoms with Gasteiger partial charge in [0.15, 0.2) is 11.5 Å². The van der Waals surface area contributed by atoms with Crippen molar-refractivity contribution in [1.29, 1.82) is 0 Å². The average Bonchev–Trinajstić information content (AvgIpc) is 2.71. The number of nitrogens with one attached hydrogen (secondary N) is 1. The normalized spacial score (nSPS) is 15.4. The van der Waals surface area contributed by atoms with Gasteiger partial charge in [0.05, 0.1) is 27.0 Å². The van der Waals surface area contributed by atoms with Crippen molar-refractivity contribution in [3.05, 3.63) is 53.4 Å². The molecule has 0 saturated carbocycles. The molecule has 1 saturated heterocycles. The number of carbonyl (C=O) groups is 3. The van der Waals surface area contributed by atoms with E-state index in [1.807, 2.05) is 5.32 Å². The molecular formula is C20H17FN2O6. The van der Waals surface area contributed by atoms with Crippen molar-refractivity contribution in [2.24, 2.45) is 0 Å². The van der Waals surface area contributed by atoms with E-state index in [0.717, 1.165) is 6.07 Å². The number of benzene rings is 2. The number of amides is 4. The summed E-state index contributed by atoms with van der Waals surface area (Å²) < 4.78 is 29.9. The molecular weight excluding hydrogens is 383 g/mol. The Balaban J connectivity index is 2.11. The summed E-state index contributed by atoms with van der Waals surface area (Å²) in [4.78, 5) is 38.0. The number of anilines is 1. The smallest absolute Gasteiger partial charge is 0.336 e. The van der Waals surface area contributed by atoms with Gasteiger partial charge >= 0.3 is 6.03 Å². The standard InChI is InChI=1S/C20H17FN2O6/c1-27-15-10-17(29-3)16(28-2)9-11(15)8-12-18(24)22-20(26)23(19(12)25)14-7-5-4-6-13(14)21/h4-10H,1-3H3,(H,22,24,26)/b12-8-. The number of ether oxygens (including phenoxy) is 3. The zero-order valence-electron chi connectivity index (χ0n) is 15.8. The highest BCUT2D eigenvalue weighted by Gasteiger charge is 2.38. The Morgan fingerprint density at radius 1 is 0.931 bits per heavy atom. The van der Waals surface area contributed by atoms with Crippen LogP contribution in [0.5, 0.6) is 17.2 Å². The maximum absolute atomic E-state index is 14.1. The van der Waals surface area contributed by atoms with Gasteiger partial charge in [0, 0.05) is 11.6 Å². The van der Waals surface area contributed by atoms with Crippen molar-refractivity contribution in [3.8, 4) is 17.2 Å². The topological polar surface area (TPSA) is 94.2 Å². The fourth-order valence-electron chi connectivity index (χ4n) is 2.83. The van der Waals surface area contributed by atoms with Crippen molar-refractivity contribution >= 4 is 29.6 Å². The Kier molecular flexibility index (Phi) is 5.49. The first kappa shape index (κ1) is 19.9. The van der Waals surface area contributed by atoms with E-state index >= 15 is 0 Å². The van der Waals surface area contributed by atoms with E-state index < -0.39 is 23.7 Å². The average molecular weight is 400 g/mol. The van der Waals surface area contributed by atoms with Crippen LogP contribution in [0, 0.1) is 5.82 Å². The Morgan fingerprint density at radius 2 is 1.55 bits per heavy atom. The number of halogens is 1. The summed E-state index contributed by atoms with van der Waals surface area (Å²) in [7, 11) is 4.28. The van der Waals surface area contributed by atoms with Crippen LogP contribution < -0.4 is 24.4 Å². The van der Waals surface area contributed by atoms with Crippen molar-refractivity contribution in [2.45, 2.75) is 0 Å². The van der Waals surface area contributed by atoms with Gasteiger partial charge in [-0.2, -0.15) is 0 Å². The summed E-state index contributed by atoms with van der Waals surface area (Å²) in [5.74, 6) is -1.65. The summed E-state index contributed by atoms with van der Waals surface area (Å²) in [5, 5.41) is 2.04. The predicted molar refractivity (Wildman–Crippen MR) is 101 cm³/mol. The molecule has 3 rings (SSSR count). The zero-order valence-corrected chi connectivity index (χ0v) is 15.8. The van der Waals surface area contributed by atoms with Gasteiger partial charge in [0.2, 0.25) is 0 Å². The first-order valence-corrected chi connectivity index (χ1v) is 8.37. The number of nitrogens with zero attached hydrogens (tertiary/aromatic N) is 1. The molecule has 0 unspecified atom stereocenters. The Hall–Kier alpha value is -3.88. The molecule has 2 aromatic carbocycles. The summed E-state index contributed by atoms with van der Waals surface area (Å²) in [6, 6.07) is 7.24. The second kappa shape index (κ2) is 8.01. The summed E-state index contributed by atoms with van der Waals surface area (Å²) in [6.07, 6.45) is 1.23. The van der Waals surface area contributed by atoms with Crippen molar-refractivity contribution in [2.75, 3.05) is 26.2 Å². The lowest BCUT2D eigenvalue weighted by atomic mass is 10.1. The van der Waals surface area contributed by atoms with Crippen LogP contribution in [-0.4, -0.2) is 39.2 Å². The van der Waals surface area contributed by atoms with Crippen LogP contribution in [0.25, 0.3) is 6.08 Å². The molecule has 8 nitrogen and oxygen atoms in total. The third-order valence-corrected chi connectivity index (χ3v) is 4.23. The Morgan fingerprint density at radius 3 is 2.17 bits per heavy atom. The monoisotopic (exact) mass is 400 g/mol. The number of imide groups is 2. The van der Waals surface area contributed by atoms with Gasteiger partial charge in [-0.15, -0.1) is 0 Å². The van der Waals surface area contributed by atoms with Gasteiger partial charge in [0.25, 0.3) is 11.8 Å². The Bertz CT molecular complexity index is 1030. The quantitative estimate of drug-likeness (QED) is 0.612. The van der Waals surface area contributed by atoms with Crippen LogP contribution in [0.1, 0.15) is 5.56 Å². The van der Waals surface area contributed by atoms with Crippen LogP contribution in [0.3, 0.4) is 0 Å². The number of carbonyl (C=O) groups excluding carboxylic acids is 3. The molecule has 1 heterocycles. The minimum atomic E-state index is -1.04. The Labute approximate surface area is 165 Å². The fraction of sp³-hybridized carbons (Fsp3) is 0.150. The molecule has 0 aliphatic carbocycles. The highest BCUT2D eigenvalue weighted by Crippen LogP contribution is 2.36. The minimum Gasteiger partial charge on any atom is -0.496 e. The van der Waals surface area contributed by atoms with E-state index in [0.29, 0.717) is 27.7 Å². The number of methoxy groups -OCH3 is 3. The summed E-state index contributed by atoms with van der Waals surface area (Å²) in [5.41, 5.74) is -0.322. The van der Waals surface area contributed by atoms with E-state index in [1.54, 1.807) is 0 Å². The number of barbiturate groups is 1. The lowest BCUT2D eigenvalue weighted by molar-refractivity contribution is -0.122. The molecule has 1 N–H and O–H groups in total. The van der Waals surface area contributed by atoms with Crippen LogP contribution in [0.4, 0.5) is 14.9 Å². The fourth-order valence-corrected chi connectivity index (χ4v) is 2.83. The van der Waals surface area contributed by atoms with Gasteiger partial charge in [-0.05, 0) is 24.3 Å². The highest BCUT2D eigenvalue weighted by atomic mass is 19.1. The minimum absolute atomic E-state index is 0.271. The van der Waals surface area contributed by atoms with Gasteiger partial charge in [-0.1, -0.05) is 12.1 Å². The third-order valence-electron chi connectivity index (χ3n) is 4.23. The van der Waals surface area contributed by atoms with Crippen molar-refractivity contribution < 1.29 is 33.0 Å². The molecule has 9 heteroatoms. The van der Waals surface area contributed by atoms with Crippen molar-refractivity contribution in [1.82, 2.24) is 5.32 Å². The SMILES string of the molecule is COc1cc(OC)c(OC)cc1/C=C1/C(=O)NC(=O)N(c2ccccc2F)C1=O. The molecule has 4 amide bonds. The van der Waals surface area contributed by atoms with E-state index in [-0.39, 0.29) is 11.3 Å². The second-order valence-corrected chi connectivity index (χ2v) is 5.86.